The van der Waals surface area contributed by atoms with Crippen molar-refractivity contribution in [2.24, 2.45) is 5.41 Å². The van der Waals surface area contributed by atoms with Crippen LogP contribution in [0.3, 0.4) is 0 Å². The van der Waals surface area contributed by atoms with Gasteiger partial charge >= 0.3 is 0 Å². The second kappa shape index (κ2) is 17.1. The van der Waals surface area contributed by atoms with E-state index in [-0.39, 0.29) is 37.3 Å². The first kappa shape index (κ1) is 45.7. The molecule has 0 fully saturated rings. The molecule has 3 heterocycles. The van der Waals surface area contributed by atoms with Gasteiger partial charge < -0.3 is 19.1 Å². The number of ether oxygens (including phenoxy) is 1. The van der Waals surface area contributed by atoms with E-state index in [0.717, 1.165) is 55.7 Å². The van der Waals surface area contributed by atoms with E-state index in [1.807, 2.05) is 12.3 Å². The van der Waals surface area contributed by atoms with Crippen LogP contribution in [0.25, 0.3) is 49.9 Å². The van der Waals surface area contributed by atoms with Gasteiger partial charge in [-0.1, -0.05) is 140 Å². The fraction of sp³-hybridized carbons (Fsp3) is 0.254. The fourth-order valence-corrected chi connectivity index (χ4v) is 9.06. The Kier molecular flexibility index (Phi) is 12.0. The molecule has 334 valence electrons. The molecule has 1 aliphatic rings. The van der Waals surface area contributed by atoms with Gasteiger partial charge in [0.1, 0.15) is 5.82 Å². The molecule has 0 radical (unpaired) electrons. The molecule has 0 saturated heterocycles. The molecule has 0 spiro atoms. The minimum atomic E-state index is -0.158. The van der Waals surface area contributed by atoms with Crippen LogP contribution in [0, 0.1) is 45.0 Å². The molecule has 0 saturated carbocycles. The number of allylic oxidation sites excluding steroid dienone is 1. The zero-order chi connectivity index (χ0) is 45.3. The van der Waals surface area contributed by atoms with Crippen molar-refractivity contribution >= 4 is 33.2 Å². The Hall–Kier alpha value is -5.90. The Balaban J connectivity index is 0.00000576. The average molecular weight is 1040 g/mol. The van der Waals surface area contributed by atoms with Crippen LogP contribution >= 0.6 is 0 Å². The van der Waals surface area contributed by atoms with Gasteiger partial charge in [0.2, 0.25) is 0 Å². The number of benzene rings is 6. The summed E-state index contributed by atoms with van der Waals surface area (Å²) in [5.41, 5.74) is 15.8. The van der Waals surface area contributed by atoms with E-state index in [4.69, 9.17) is 9.72 Å². The summed E-state index contributed by atoms with van der Waals surface area (Å²) in [5, 5.41) is 2.20. The molecule has 65 heavy (non-hydrogen) atoms. The van der Waals surface area contributed by atoms with E-state index in [2.05, 4.69) is 238 Å². The van der Waals surface area contributed by atoms with Crippen molar-refractivity contribution in [3.63, 3.8) is 0 Å². The van der Waals surface area contributed by atoms with E-state index in [1.54, 1.807) is 0 Å². The van der Waals surface area contributed by atoms with Crippen molar-refractivity contribution in [3.8, 4) is 39.6 Å². The fourth-order valence-electron chi connectivity index (χ4n) is 9.06. The molecule has 5 nitrogen and oxygen atoms in total. The molecule has 0 atom stereocenters. The molecule has 0 aliphatic carbocycles. The van der Waals surface area contributed by atoms with Gasteiger partial charge in [-0.05, 0) is 112 Å². The Morgan fingerprint density at radius 2 is 1.31 bits per heavy atom. The Morgan fingerprint density at radius 1 is 0.585 bits per heavy atom. The standard InChI is InChI=1S/C59H59N4O.Pt/c1-38-27-39(2)56(40(3)28-38)43-25-26-60-55(30-43)63-52-24-21-42(41-17-14-13-15-18-41)29-51(52)50-23-22-48(35-53(50)63)64-49-33-45(58(7,8)9)32-47(34-49)62-37-61(36-54(62)59(10,11)12)46-20-16-19-44(31-46)57(4,5)6;/h13-33,36-37H,1-12H3;/q-3;. The molecule has 0 bridgehead atoms. The van der Waals surface area contributed by atoms with Crippen molar-refractivity contribution in [3.05, 3.63) is 186 Å². The first-order valence-electron chi connectivity index (χ1n) is 22.4. The molecular formula is C59H59N4OPt-3. The molecule has 6 heteroatoms. The third-order valence-corrected chi connectivity index (χ3v) is 12.4. The molecule has 0 unspecified atom stereocenters. The predicted molar refractivity (Wildman–Crippen MR) is 268 cm³/mol. The third kappa shape index (κ3) is 9.05. The van der Waals surface area contributed by atoms with Crippen molar-refractivity contribution in [1.29, 1.82) is 0 Å². The summed E-state index contributed by atoms with van der Waals surface area (Å²) in [6.45, 7) is 29.0. The second-order valence-electron chi connectivity index (χ2n) is 20.6. The van der Waals surface area contributed by atoms with Crippen LogP contribution in [0.2, 0.25) is 0 Å². The Bertz CT molecular complexity index is 3080. The maximum atomic E-state index is 6.91. The molecule has 6 aromatic carbocycles. The van der Waals surface area contributed by atoms with Crippen LogP contribution in [-0.2, 0) is 31.9 Å². The van der Waals surface area contributed by atoms with Crippen molar-refractivity contribution < 1.29 is 25.8 Å². The molecule has 2 aromatic heterocycles. The molecular weight excluding hydrogens is 976 g/mol. The summed E-state index contributed by atoms with van der Waals surface area (Å²) in [7, 11) is 0. The number of aromatic nitrogens is 2. The summed E-state index contributed by atoms with van der Waals surface area (Å²) >= 11 is 0. The molecule has 0 amide bonds. The molecule has 1 aliphatic heterocycles. The zero-order valence-electron chi connectivity index (χ0n) is 39.8. The van der Waals surface area contributed by atoms with Crippen LogP contribution in [-0.4, -0.2) is 9.55 Å². The summed E-state index contributed by atoms with van der Waals surface area (Å²) in [4.78, 5) is 9.54. The maximum absolute atomic E-state index is 6.91. The Morgan fingerprint density at radius 3 is 2.00 bits per heavy atom. The topological polar surface area (TPSA) is 33.5 Å². The van der Waals surface area contributed by atoms with E-state index < -0.39 is 0 Å². The predicted octanol–water partition coefficient (Wildman–Crippen LogP) is 15.8. The third-order valence-electron chi connectivity index (χ3n) is 12.4. The summed E-state index contributed by atoms with van der Waals surface area (Å²) in [6, 6.07) is 51.0. The summed E-state index contributed by atoms with van der Waals surface area (Å²) < 4.78 is 9.14. The van der Waals surface area contributed by atoms with Gasteiger partial charge in [0.05, 0.1) is 0 Å². The number of rotatable bonds is 7. The molecule has 8 aromatic rings. The van der Waals surface area contributed by atoms with Gasteiger partial charge in [-0.15, -0.1) is 53.6 Å². The number of aryl methyl sites for hydroxylation is 3. The van der Waals surface area contributed by atoms with E-state index >= 15 is 0 Å². The Labute approximate surface area is 401 Å². The maximum Gasteiger partial charge on any atom is 0.136 e. The van der Waals surface area contributed by atoms with E-state index in [1.165, 1.54) is 39.1 Å². The largest absolute Gasteiger partial charge is 0.509 e. The number of anilines is 2. The van der Waals surface area contributed by atoms with Crippen molar-refractivity contribution in [1.82, 2.24) is 9.55 Å². The number of fused-ring (bicyclic) bond motifs is 3. The van der Waals surface area contributed by atoms with Crippen LogP contribution in [0.15, 0.2) is 139 Å². The minimum absolute atomic E-state index is 0. The van der Waals surface area contributed by atoms with Crippen LogP contribution in [0.4, 0.5) is 11.4 Å². The quantitative estimate of drug-likeness (QED) is 0.149. The average Bonchev–Trinajstić information content (AvgIpc) is 3.84. The van der Waals surface area contributed by atoms with Gasteiger partial charge in [-0.3, -0.25) is 0 Å². The minimum Gasteiger partial charge on any atom is -0.509 e. The summed E-state index contributed by atoms with van der Waals surface area (Å²) in [5.74, 6) is 2.06. The van der Waals surface area contributed by atoms with E-state index in [9.17, 15) is 0 Å². The monoisotopic (exact) mass is 1030 g/mol. The first-order valence-corrected chi connectivity index (χ1v) is 22.4. The van der Waals surface area contributed by atoms with Crippen LogP contribution < -0.4 is 14.5 Å². The number of nitrogens with zero attached hydrogens (tertiary/aromatic N) is 4. The summed E-state index contributed by atoms with van der Waals surface area (Å²) in [6.07, 6.45) is 4.18. The van der Waals surface area contributed by atoms with E-state index in [0.29, 0.717) is 11.5 Å². The SMILES string of the molecule is Cc1cc(C)c(-c2ccnc(-n3c4[c-]c(Oc5[c-]c(N6[CH-]N(c7cccc(C(C)(C)C)c7)C=C6C(C)(C)C)cc(C(C)(C)C)c5)ccc4c4cc(-c5ccccc5)ccc43)c2)c(C)c1.[Pt]. The first-order chi connectivity index (χ1) is 30.3. The smallest absolute Gasteiger partial charge is 0.136 e. The van der Waals surface area contributed by atoms with Gasteiger partial charge in [-0.2, -0.15) is 6.07 Å². The van der Waals surface area contributed by atoms with Crippen LogP contribution in [0.1, 0.15) is 90.1 Å². The van der Waals surface area contributed by atoms with Gasteiger partial charge in [0.25, 0.3) is 0 Å². The number of hydrogen-bond donors (Lipinski definition) is 0. The van der Waals surface area contributed by atoms with Crippen LogP contribution in [0.5, 0.6) is 11.5 Å². The van der Waals surface area contributed by atoms with Gasteiger partial charge in [0, 0.05) is 61.1 Å². The number of pyridine rings is 1. The van der Waals surface area contributed by atoms with Crippen molar-refractivity contribution in [2.45, 2.75) is 93.9 Å². The second-order valence-corrected chi connectivity index (χ2v) is 20.6. The number of hydrogen-bond acceptors (Lipinski definition) is 4. The zero-order valence-corrected chi connectivity index (χ0v) is 42.1. The van der Waals surface area contributed by atoms with Gasteiger partial charge in [0.15, 0.2) is 0 Å². The molecule has 9 rings (SSSR count). The molecule has 0 N–H and O–H groups in total. The normalized spacial score (nSPS) is 13.4. The van der Waals surface area contributed by atoms with Crippen molar-refractivity contribution in [2.75, 3.05) is 9.80 Å². The van der Waals surface area contributed by atoms with Gasteiger partial charge in [-0.25, -0.2) is 4.98 Å².